The van der Waals surface area contributed by atoms with E-state index in [0.29, 0.717) is 29.6 Å². The number of aromatic nitrogens is 8. The van der Waals surface area contributed by atoms with E-state index in [2.05, 4.69) is 35.7 Å². The highest BCUT2D eigenvalue weighted by Gasteiger charge is 2.27. The maximum atomic E-state index is 14.6. The van der Waals surface area contributed by atoms with Crippen molar-refractivity contribution in [2.45, 2.75) is 64.0 Å². The summed E-state index contributed by atoms with van der Waals surface area (Å²) in [6, 6.07) is 10.0. The number of imidazole rings is 2. The third kappa shape index (κ3) is 8.95. The van der Waals surface area contributed by atoms with Crippen LogP contribution in [0, 0.1) is 25.5 Å². The highest BCUT2D eigenvalue weighted by Crippen LogP contribution is 2.32. The normalized spacial score (nSPS) is 13.5. The molecule has 0 saturated heterocycles. The van der Waals surface area contributed by atoms with Gasteiger partial charge in [0.05, 0.1) is 56.0 Å². The number of carbonyl (C=O) groups excluding carboxylic acids is 2. The molecule has 2 aromatic carbocycles. The van der Waals surface area contributed by atoms with Crippen molar-refractivity contribution in [3.63, 3.8) is 0 Å². The second-order valence-corrected chi connectivity index (χ2v) is 17.2. The smallest absolute Gasteiger partial charge is 0.254 e. The molecule has 2 aliphatic rings. The number of alkyl halides is 1. The Labute approximate surface area is 383 Å². The van der Waals surface area contributed by atoms with Gasteiger partial charge in [-0.3, -0.25) is 18.4 Å². The van der Waals surface area contributed by atoms with E-state index in [0.717, 1.165) is 87.4 Å². The predicted octanol–water partition coefficient (Wildman–Crippen LogP) is 7.87. The predicted molar refractivity (Wildman–Crippen MR) is 246 cm³/mol. The Morgan fingerprint density at radius 2 is 1.12 bits per heavy atom. The summed E-state index contributed by atoms with van der Waals surface area (Å²) in [5.74, 6) is 1.41. The molecule has 0 aliphatic heterocycles. The van der Waals surface area contributed by atoms with Crippen LogP contribution in [-0.4, -0.2) is 95.4 Å². The Morgan fingerprint density at radius 1 is 0.682 bits per heavy atom. The van der Waals surface area contributed by atoms with E-state index >= 15 is 0 Å². The van der Waals surface area contributed by atoms with Gasteiger partial charge in [-0.2, -0.15) is 10.2 Å². The molecule has 66 heavy (non-hydrogen) atoms. The first kappa shape index (κ1) is 44.1. The summed E-state index contributed by atoms with van der Waals surface area (Å²) in [6.07, 6.45) is 18.2. The number of carbonyl (C=O) groups is 2. The average molecular weight is 916 g/mol. The third-order valence-corrected chi connectivity index (χ3v) is 11.9. The zero-order chi connectivity index (χ0) is 46.4. The Bertz CT molecular complexity index is 3150. The summed E-state index contributed by atoms with van der Waals surface area (Å²) in [5, 5.41) is 14.7. The first-order chi connectivity index (χ1) is 31.8. The second kappa shape index (κ2) is 18.0. The van der Waals surface area contributed by atoms with E-state index in [4.69, 9.17) is 21.1 Å². The molecule has 0 unspecified atom stereocenters. The van der Waals surface area contributed by atoms with Gasteiger partial charge in [0.15, 0.2) is 11.6 Å². The fraction of sp³-hybridized carbons (Fsp3) is 0.292. The number of nitrogens with one attached hydrogen (secondary N) is 2. The number of halogens is 3. The molecule has 2 N–H and O–H groups in total. The first-order valence-electron chi connectivity index (χ1n) is 21.4. The van der Waals surface area contributed by atoms with Crippen LogP contribution < -0.4 is 20.1 Å². The van der Waals surface area contributed by atoms with Gasteiger partial charge in [0.1, 0.15) is 34.4 Å². The molecule has 8 aromatic rings. The Hall–Kier alpha value is -7.11. The third-order valence-electron chi connectivity index (χ3n) is 11.6. The lowest BCUT2D eigenvalue weighted by Gasteiger charge is -2.14. The van der Waals surface area contributed by atoms with Crippen molar-refractivity contribution in [1.82, 2.24) is 53.9 Å². The summed E-state index contributed by atoms with van der Waals surface area (Å²) in [6.45, 7) is 4.35. The lowest BCUT2D eigenvalue weighted by Crippen LogP contribution is -2.26. The molecule has 0 spiro atoms. The van der Waals surface area contributed by atoms with Crippen LogP contribution in [0.2, 0.25) is 0 Å². The van der Waals surface area contributed by atoms with Crippen LogP contribution in [-0.2, 0) is 12.4 Å². The van der Waals surface area contributed by atoms with Crippen molar-refractivity contribution in [1.29, 1.82) is 0 Å². The van der Waals surface area contributed by atoms with Gasteiger partial charge in [-0.15, -0.1) is 11.6 Å². The fourth-order valence-electron chi connectivity index (χ4n) is 7.82. The monoisotopic (exact) mass is 915 g/mol. The number of rotatable bonds is 13. The maximum absolute atomic E-state index is 14.6. The van der Waals surface area contributed by atoms with Crippen LogP contribution in [0.5, 0.6) is 11.5 Å². The molecule has 2 fully saturated rings. The molecule has 2 aliphatic carbocycles. The van der Waals surface area contributed by atoms with Crippen LogP contribution in [0.1, 0.15) is 68.7 Å². The van der Waals surface area contributed by atoms with Crippen LogP contribution in [0.25, 0.3) is 45.2 Å². The quantitative estimate of drug-likeness (QED) is 0.110. The summed E-state index contributed by atoms with van der Waals surface area (Å²) in [7, 11) is 7.25. The van der Waals surface area contributed by atoms with E-state index in [-0.39, 0.29) is 35.0 Å². The van der Waals surface area contributed by atoms with Crippen molar-refractivity contribution in [2.24, 2.45) is 0 Å². The van der Waals surface area contributed by atoms with Crippen molar-refractivity contribution in [2.75, 3.05) is 28.3 Å². The minimum atomic E-state index is -0.527. The number of benzene rings is 2. The van der Waals surface area contributed by atoms with Gasteiger partial charge in [-0.25, -0.2) is 28.1 Å². The molecule has 0 atom stereocenters. The Morgan fingerprint density at radius 3 is 1.53 bits per heavy atom. The SMILES string of the molecule is COc1cc2ncc(-n3cc(-c4cc(C(=O)NC5CC5)c(F)cc4C)cn3)n2cc1CCl.COc1cc2ncc(-n3cc(-c4cc(C(=O)NC5CC5)c(F)cc4C)cn3)n2cc1CN(C)C. The molecule has 18 heteroatoms. The number of amides is 2. The van der Waals surface area contributed by atoms with Crippen LogP contribution >= 0.6 is 11.6 Å². The van der Waals surface area contributed by atoms with Gasteiger partial charge < -0.3 is 25.0 Å². The molecule has 0 radical (unpaired) electrons. The summed E-state index contributed by atoms with van der Waals surface area (Å²) in [5.41, 5.74) is 7.89. The van der Waals surface area contributed by atoms with Crippen molar-refractivity contribution >= 4 is 34.7 Å². The standard InChI is InChI=1S/C25H27FN6O2.C23H21ClFN5O2/c1-15-7-21(26)20(25(33)29-18-5-6-18)8-19(15)16-10-28-32(14-16)24-11-27-23-9-22(34-4)17(12-30(2)3)13-31(23)24;1-13-5-19(25)18(23(31)28-16-3-4-16)6-17(13)15-9-27-30(12-15)22-10-26-21-7-20(32-2)14(8-24)11-29(21)22/h7-11,13-14,18H,5-6,12H2,1-4H3,(H,29,33);5-7,9-12,16H,3-4,8H2,1-2H3,(H,28,31). The zero-order valence-electron chi connectivity index (χ0n) is 37.3. The number of hydrogen-bond donors (Lipinski definition) is 2. The van der Waals surface area contributed by atoms with Gasteiger partial charge in [0.2, 0.25) is 0 Å². The van der Waals surface area contributed by atoms with Crippen LogP contribution in [0.15, 0.2) is 86.0 Å². The number of hydrogen-bond acceptors (Lipinski definition) is 9. The highest BCUT2D eigenvalue weighted by atomic mass is 35.5. The molecule has 10 rings (SSSR count). The van der Waals surface area contributed by atoms with Crippen molar-refractivity contribution in [3.05, 3.63) is 131 Å². The van der Waals surface area contributed by atoms with E-state index in [1.807, 2.05) is 73.7 Å². The molecule has 6 heterocycles. The molecule has 340 valence electrons. The molecule has 15 nitrogen and oxygen atoms in total. The van der Waals surface area contributed by atoms with E-state index in [9.17, 15) is 18.4 Å². The van der Waals surface area contributed by atoms with Crippen LogP contribution in [0.4, 0.5) is 8.78 Å². The lowest BCUT2D eigenvalue weighted by molar-refractivity contribution is 0.0938. The summed E-state index contributed by atoms with van der Waals surface area (Å²) >= 11 is 6.07. The van der Waals surface area contributed by atoms with Gasteiger partial charge in [0, 0.05) is 77.8 Å². The maximum Gasteiger partial charge on any atom is 0.254 e. The number of ether oxygens (including phenoxy) is 2. The van der Waals surface area contributed by atoms with Crippen molar-refractivity contribution in [3.8, 4) is 45.4 Å². The van der Waals surface area contributed by atoms with Crippen LogP contribution in [0.3, 0.4) is 0 Å². The molecule has 2 amide bonds. The van der Waals surface area contributed by atoms with Gasteiger partial charge in [-0.1, -0.05) is 0 Å². The molecular weight excluding hydrogens is 868 g/mol. The topological polar surface area (TPSA) is 150 Å². The fourth-order valence-corrected chi connectivity index (χ4v) is 8.02. The average Bonchev–Trinajstić information content (AvgIpc) is 4.02. The minimum Gasteiger partial charge on any atom is -0.496 e. The Kier molecular flexibility index (Phi) is 12.1. The highest BCUT2D eigenvalue weighted by molar-refractivity contribution is 6.17. The first-order valence-corrected chi connectivity index (χ1v) is 22.0. The largest absolute Gasteiger partial charge is 0.496 e. The molecule has 0 bridgehead atoms. The summed E-state index contributed by atoms with van der Waals surface area (Å²) in [4.78, 5) is 36.0. The molecular formula is C48H48ClF2N11O4. The molecule has 6 aromatic heterocycles. The van der Waals surface area contributed by atoms with E-state index in [1.165, 1.54) is 12.1 Å². The van der Waals surface area contributed by atoms with Gasteiger partial charge in [-0.05, 0) is 100 Å². The van der Waals surface area contributed by atoms with Gasteiger partial charge in [0.25, 0.3) is 11.8 Å². The number of aryl methyl sites for hydroxylation is 2. The zero-order valence-corrected chi connectivity index (χ0v) is 38.0. The van der Waals surface area contributed by atoms with E-state index < -0.39 is 11.6 Å². The number of fused-ring (bicyclic) bond motifs is 2. The summed E-state index contributed by atoms with van der Waals surface area (Å²) < 4.78 is 47.2. The lowest BCUT2D eigenvalue weighted by atomic mass is 9.99. The number of methoxy groups -OCH3 is 2. The second-order valence-electron chi connectivity index (χ2n) is 16.9. The molecule has 2 saturated carbocycles. The van der Waals surface area contributed by atoms with Crippen molar-refractivity contribution < 1.29 is 27.8 Å². The van der Waals surface area contributed by atoms with Gasteiger partial charge >= 0.3 is 0 Å². The number of nitrogens with zero attached hydrogens (tertiary/aromatic N) is 9. The number of pyridine rings is 2. The Balaban J connectivity index is 0.000000166. The van der Waals surface area contributed by atoms with E-state index in [1.54, 1.807) is 60.5 Å². The minimum absolute atomic E-state index is 0.0406.